The lowest BCUT2D eigenvalue weighted by Gasteiger charge is -2.14. The van der Waals surface area contributed by atoms with E-state index in [0.29, 0.717) is 6.54 Å². The lowest BCUT2D eigenvalue weighted by Crippen LogP contribution is -2.42. The van der Waals surface area contributed by atoms with Gasteiger partial charge in [-0.3, -0.25) is 9.79 Å². The van der Waals surface area contributed by atoms with Gasteiger partial charge in [0.25, 0.3) is 0 Å². The second-order valence-electron chi connectivity index (χ2n) is 4.57. The first-order valence-corrected chi connectivity index (χ1v) is 6.56. The van der Waals surface area contributed by atoms with Crippen LogP contribution in [0.3, 0.4) is 0 Å². The summed E-state index contributed by atoms with van der Waals surface area (Å²) >= 11 is 0. The first-order chi connectivity index (χ1) is 9.25. The molecule has 0 bridgehead atoms. The van der Waals surface area contributed by atoms with E-state index in [1.807, 2.05) is 30.1 Å². The minimum atomic E-state index is -0.000990. The van der Waals surface area contributed by atoms with Crippen molar-refractivity contribution in [2.75, 3.05) is 33.2 Å². The van der Waals surface area contributed by atoms with Gasteiger partial charge < -0.3 is 15.5 Å². The van der Waals surface area contributed by atoms with Crippen LogP contribution in [0.1, 0.15) is 5.56 Å². The Hall–Kier alpha value is -2.04. The van der Waals surface area contributed by atoms with E-state index in [1.165, 1.54) is 5.56 Å². The number of hydrogen-bond donors (Lipinski definition) is 2. The molecule has 0 saturated carbocycles. The summed E-state index contributed by atoms with van der Waals surface area (Å²) in [7, 11) is 1.96. The smallest absolute Gasteiger partial charge is 0.239 e. The van der Waals surface area contributed by atoms with Crippen molar-refractivity contribution in [3.63, 3.8) is 0 Å². The topological polar surface area (TPSA) is 56.7 Å². The van der Waals surface area contributed by atoms with Gasteiger partial charge in [-0.15, -0.1) is 0 Å². The van der Waals surface area contributed by atoms with E-state index < -0.39 is 0 Å². The summed E-state index contributed by atoms with van der Waals surface area (Å²) < 4.78 is 0. The van der Waals surface area contributed by atoms with Crippen molar-refractivity contribution in [3.05, 3.63) is 35.9 Å². The Morgan fingerprint density at radius 2 is 2.16 bits per heavy atom. The van der Waals surface area contributed by atoms with Crippen molar-refractivity contribution in [1.29, 1.82) is 0 Å². The van der Waals surface area contributed by atoms with Crippen LogP contribution < -0.4 is 10.6 Å². The number of rotatable bonds is 5. The fraction of sp³-hybridized carbons (Fsp3) is 0.429. The Morgan fingerprint density at radius 1 is 1.37 bits per heavy atom. The molecule has 1 aliphatic heterocycles. The standard InChI is InChI=1S/C14H20N4O/c1-18-10-9-16-14(18)17-11-13(19)15-8-7-12-5-3-2-4-6-12/h2-6H,7-11H2,1H3,(H,15,19)(H,16,17). The second kappa shape index (κ2) is 6.78. The average molecular weight is 260 g/mol. The van der Waals surface area contributed by atoms with E-state index in [1.54, 1.807) is 0 Å². The molecule has 102 valence electrons. The minimum Gasteiger partial charge on any atom is -0.354 e. The molecule has 0 unspecified atom stereocenters. The molecule has 1 heterocycles. The first kappa shape index (κ1) is 13.4. The normalized spacial score (nSPS) is 14.2. The summed E-state index contributed by atoms with van der Waals surface area (Å²) in [5.74, 6) is 0.803. The molecule has 1 aliphatic rings. The molecule has 0 fully saturated rings. The summed E-state index contributed by atoms with van der Waals surface area (Å²) in [5, 5.41) is 5.94. The molecule has 0 aliphatic carbocycles. The predicted octanol–water partition coefficient (Wildman–Crippen LogP) is 0.236. The van der Waals surface area contributed by atoms with E-state index in [-0.39, 0.29) is 12.5 Å². The molecule has 0 atom stereocenters. The Kier molecular flexibility index (Phi) is 4.78. The summed E-state index contributed by atoms with van der Waals surface area (Å²) in [6.07, 6.45) is 0.855. The third-order valence-electron chi connectivity index (χ3n) is 3.04. The van der Waals surface area contributed by atoms with Gasteiger partial charge >= 0.3 is 0 Å². The number of nitrogens with zero attached hydrogens (tertiary/aromatic N) is 2. The van der Waals surface area contributed by atoms with Crippen LogP contribution in [0, 0.1) is 0 Å². The number of guanidine groups is 1. The van der Waals surface area contributed by atoms with Gasteiger partial charge in [0.15, 0.2) is 5.96 Å². The molecule has 0 radical (unpaired) electrons. The number of aliphatic imine (C=N–C) groups is 1. The zero-order valence-electron chi connectivity index (χ0n) is 11.2. The Bertz CT molecular complexity index is 444. The summed E-state index contributed by atoms with van der Waals surface area (Å²) in [6, 6.07) is 10.1. The highest BCUT2D eigenvalue weighted by molar-refractivity contribution is 5.87. The number of carbonyl (C=O) groups excluding carboxylic acids is 1. The van der Waals surface area contributed by atoms with Gasteiger partial charge in [-0.25, -0.2) is 0 Å². The van der Waals surface area contributed by atoms with Crippen LogP contribution in [0.5, 0.6) is 0 Å². The molecule has 19 heavy (non-hydrogen) atoms. The fourth-order valence-electron chi connectivity index (χ4n) is 1.94. The number of amides is 1. The second-order valence-corrected chi connectivity index (χ2v) is 4.57. The number of benzene rings is 1. The van der Waals surface area contributed by atoms with Crippen LogP contribution in [-0.4, -0.2) is 50.0 Å². The minimum absolute atomic E-state index is 0.000990. The highest BCUT2D eigenvalue weighted by Crippen LogP contribution is 1.98. The van der Waals surface area contributed by atoms with Gasteiger partial charge in [0, 0.05) is 20.1 Å². The van der Waals surface area contributed by atoms with Crippen LogP contribution in [0.15, 0.2) is 35.3 Å². The van der Waals surface area contributed by atoms with E-state index in [4.69, 9.17) is 0 Å². The first-order valence-electron chi connectivity index (χ1n) is 6.56. The van der Waals surface area contributed by atoms with Crippen LogP contribution in [0.4, 0.5) is 0 Å². The summed E-state index contributed by atoms with van der Waals surface area (Å²) in [4.78, 5) is 17.9. The molecule has 2 N–H and O–H groups in total. The Balaban J connectivity index is 1.62. The van der Waals surface area contributed by atoms with Gasteiger partial charge in [0.2, 0.25) is 5.91 Å². The van der Waals surface area contributed by atoms with Crippen LogP contribution >= 0.6 is 0 Å². The molecule has 0 aromatic heterocycles. The maximum atomic E-state index is 11.6. The molecule has 1 aromatic rings. The molecule has 0 saturated heterocycles. The predicted molar refractivity (Wildman–Crippen MR) is 76.1 cm³/mol. The molecule has 0 spiro atoms. The van der Waals surface area contributed by atoms with Crippen molar-refractivity contribution in [2.45, 2.75) is 6.42 Å². The van der Waals surface area contributed by atoms with E-state index in [9.17, 15) is 4.79 Å². The number of carbonyl (C=O) groups is 1. The highest BCUT2D eigenvalue weighted by Gasteiger charge is 2.12. The SMILES string of the molecule is CN1CCN=C1NCC(=O)NCCc1ccccc1. The maximum absolute atomic E-state index is 11.6. The molecule has 1 aromatic carbocycles. The molecular formula is C14H20N4O. The van der Waals surface area contributed by atoms with Crippen molar-refractivity contribution >= 4 is 11.9 Å². The number of hydrogen-bond acceptors (Lipinski definition) is 4. The van der Waals surface area contributed by atoms with Crippen molar-refractivity contribution in [2.24, 2.45) is 4.99 Å². The van der Waals surface area contributed by atoms with Gasteiger partial charge in [0.1, 0.15) is 0 Å². The van der Waals surface area contributed by atoms with Gasteiger partial charge in [-0.1, -0.05) is 30.3 Å². The fourth-order valence-corrected chi connectivity index (χ4v) is 1.94. The van der Waals surface area contributed by atoms with Crippen LogP contribution in [0.25, 0.3) is 0 Å². The average Bonchev–Trinajstić information content (AvgIpc) is 2.83. The highest BCUT2D eigenvalue weighted by atomic mass is 16.1. The largest absolute Gasteiger partial charge is 0.354 e. The lowest BCUT2D eigenvalue weighted by atomic mass is 10.1. The van der Waals surface area contributed by atoms with E-state index >= 15 is 0 Å². The van der Waals surface area contributed by atoms with E-state index in [0.717, 1.165) is 25.5 Å². The molecule has 5 heteroatoms. The van der Waals surface area contributed by atoms with Gasteiger partial charge in [0.05, 0.1) is 13.1 Å². The number of nitrogens with one attached hydrogen (secondary N) is 2. The summed E-state index contributed by atoms with van der Waals surface area (Å²) in [6.45, 7) is 2.65. The molecular weight excluding hydrogens is 240 g/mol. The quantitative estimate of drug-likeness (QED) is 0.797. The third-order valence-corrected chi connectivity index (χ3v) is 3.04. The van der Waals surface area contributed by atoms with E-state index in [2.05, 4.69) is 27.8 Å². The van der Waals surface area contributed by atoms with Crippen molar-refractivity contribution in [3.8, 4) is 0 Å². The monoisotopic (exact) mass is 260 g/mol. The zero-order chi connectivity index (χ0) is 13.5. The maximum Gasteiger partial charge on any atom is 0.239 e. The van der Waals surface area contributed by atoms with Gasteiger partial charge in [-0.2, -0.15) is 0 Å². The summed E-state index contributed by atoms with van der Waals surface area (Å²) in [5.41, 5.74) is 1.23. The van der Waals surface area contributed by atoms with Crippen molar-refractivity contribution in [1.82, 2.24) is 15.5 Å². The zero-order valence-corrected chi connectivity index (χ0v) is 11.2. The third kappa shape index (κ3) is 4.28. The number of likely N-dealkylation sites (N-methyl/N-ethyl adjacent to an activating group) is 1. The van der Waals surface area contributed by atoms with Crippen LogP contribution in [-0.2, 0) is 11.2 Å². The van der Waals surface area contributed by atoms with Gasteiger partial charge in [-0.05, 0) is 12.0 Å². The molecule has 2 rings (SSSR count). The van der Waals surface area contributed by atoms with Crippen molar-refractivity contribution < 1.29 is 4.79 Å². The van der Waals surface area contributed by atoms with Crippen LogP contribution in [0.2, 0.25) is 0 Å². The lowest BCUT2D eigenvalue weighted by molar-refractivity contribution is -0.119. The molecule has 5 nitrogen and oxygen atoms in total. The molecule has 1 amide bonds. The Morgan fingerprint density at radius 3 is 2.84 bits per heavy atom. The Labute approximate surface area is 113 Å².